The highest BCUT2D eigenvalue weighted by Crippen LogP contribution is 2.34. The summed E-state index contributed by atoms with van der Waals surface area (Å²) >= 11 is 6.22. The fraction of sp³-hybridized carbons (Fsp3) is 0.133. The number of fused-ring (bicyclic) bond motifs is 1. The quantitative estimate of drug-likeness (QED) is 0.634. The van der Waals surface area contributed by atoms with Crippen LogP contribution in [-0.4, -0.2) is 12.6 Å². The highest BCUT2D eigenvalue weighted by atomic mass is 35.5. The number of ether oxygens (including phenoxy) is 2. The van der Waals surface area contributed by atoms with Gasteiger partial charge < -0.3 is 9.47 Å². The molecule has 3 rings (SSSR count). The molecule has 0 N–H and O–H groups in total. The Hall–Kier alpha value is -2.00. The second kappa shape index (κ2) is 4.94. The van der Waals surface area contributed by atoms with E-state index in [4.69, 9.17) is 21.1 Å². The second-order valence-corrected chi connectivity index (χ2v) is 4.64. The molecule has 0 amide bonds. The average Bonchev–Trinajstić information content (AvgIpc) is 2.94. The lowest BCUT2D eigenvalue weighted by atomic mass is 10.0. The highest BCUT2D eigenvalue weighted by Gasteiger charge is 2.22. The van der Waals surface area contributed by atoms with E-state index in [1.807, 2.05) is 30.3 Å². The summed E-state index contributed by atoms with van der Waals surface area (Å²) in [5.74, 6) is 1.09. The van der Waals surface area contributed by atoms with Gasteiger partial charge >= 0.3 is 0 Å². The molecule has 0 aromatic heterocycles. The number of carbonyl (C=O) groups excluding carboxylic acids is 1. The summed E-state index contributed by atoms with van der Waals surface area (Å²) in [4.78, 5) is 12.3. The van der Waals surface area contributed by atoms with Gasteiger partial charge in [-0.2, -0.15) is 0 Å². The smallest absolute Gasteiger partial charge is 0.231 e. The Labute approximate surface area is 115 Å². The molecule has 4 heteroatoms. The van der Waals surface area contributed by atoms with Crippen LogP contribution in [0.15, 0.2) is 48.5 Å². The summed E-state index contributed by atoms with van der Waals surface area (Å²) in [5.41, 5.74) is 1.31. The number of ketones is 1. The summed E-state index contributed by atoms with van der Waals surface area (Å²) in [5, 5.41) is -0.693. The van der Waals surface area contributed by atoms with E-state index < -0.39 is 5.38 Å². The summed E-state index contributed by atoms with van der Waals surface area (Å²) in [6.45, 7) is 0.190. The maximum absolute atomic E-state index is 12.3. The molecule has 19 heavy (non-hydrogen) atoms. The number of alkyl halides is 1. The van der Waals surface area contributed by atoms with Crippen molar-refractivity contribution in [2.45, 2.75) is 5.38 Å². The van der Waals surface area contributed by atoms with E-state index in [-0.39, 0.29) is 12.6 Å². The van der Waals surface area contributed by atoms with Crippen molar-refractivity contribution in [2.24, 2.45) is 0 Å². The molecule has 3 nitrogen and oxygen atoms in total. The lowest BCUT2D eigenvalue weighted by Crippen LogP contribution is -2.07. The zero-order valence-electron chi connectivity index (χ0n) is 10.0. The second-order valence-electron chi connectivity index (χ2n) is 4.21. The molecule has 2 aromatic rings. The van der Waals surface area contributed by atoms with E-state index in [0.29, 0.717) is 17.1 Å². The first-order valence-corrected chi connectivity index (χ1v) is 6.32. The fourth-order valence-electron chi connectivity index (χ4n) is 1.97. The van der Waals surface area contributed by atoms with Crippen molar-refractivity contribution in [3.8, 4) is 11.5 Å². The zero-order valence-corrected chi connectivity index (χ0v) is 10.8. The van der Waals surface area contributed by atoms with Crippen LogP contribution in [0, 0.1) is 0 Å². The van der Waals surface area contributed by atoms with Crippen molar-refractivity contribution >= 4 is 17.4 Å². The van der Waals surface area contributed by atoms with E-state index in [1.165, 1.54) is 0 Å². The van der Waals surface area contributed by atoms with E-state index in [1.54, 1.807) is 18.2 Å². The molecule has 0 radical (unpaired) electrons. The van der Waals surface area contributed by atoms with Crippen molar-refractivity contribution in [1.82, 2.24) is 0 Å². The summed E-state index contributed by atoms with van der Waals surface area (Å²) < 4.78 is 10.5. The number of Topliss-reactive ketones (excluding diaryl/α,β-unsaturated/α-hetero) is 1. The minimum Gasteiger partial charge on any atom is -0.454 e. The Morgan fingerprint density at radius 1 is 1.05 bits per heavy atom. The SMILES string of the molecule is O=C(c1ccc2c(c1)OCO2)C(Cl)c1ccccc1. The van der Waals surface area contributed by atoms with Crippen molar-refractivity contribution < 1.29 is 14.3 Å². The predicted molar refractivity (Wildman–Crippen MR) is 71.9 cm³/mol. The molecule has 1 atom stereocenters. The largest absolute Gasteiger partial charge is 0.454 e. The van der Waals surface area contributed by atoms with Gasteiger partial charge in [0.2, 0.25) is 6.79 Å². The van der Waals surface area contributed by atoms with E-state index in [9.17, 15) is 4.79 Å². The number of hydrogen-bond donors (Lipinski definition) is 0. The van der Waals surface area contributed by atoms with Crippen LogP contribution in [0.4, 0.5) is 0 Å². The maximum Gasteiger partial charge on any atom is 0.231 e. The van der Waals surface area contributed by atoms with Crippen molar-refractivity contribution in [1.29, 1.82) is 0 Å². The van der Waals surface area contributed by atoms with E-state index >= 15 is 0 Å². The molecule has 0 bridgehead atoms. The number of benzene rings is 2. The van der Waals surface area contributed by atoms with Gasteiger partial charge in [-0.3, -0.25) is 4.79 Å². The third kappa shape index (κ3) is 2.29. The van der Waals surface area contributed by atoms with Crippen LogP contribution in [0.5, 0.6) is 11.5 Å². The van der Waals surface area contributed by atoms with Gasteiger partial charge in [-0.05, 0) is 23.8 Å². The Balaban J connectivity index is 1.88. The number of carbonyl (C=O) groups is 1. The molecule has 1 aliphatic rings. The molecule has 0 saturated carbocycles. The number of halogens is 1. The van der Waals surface area contributed by atoms with E-state index in [0.717, 1.165) is 5.56 Å². The molecule has 1 heterocycles. The summed E-state index contributed by atoms with van der Waals surface area (Å²) in [7, 11) is 0. The summed E-state index contributed by atoms with van der Waals surface area (Å²) in [6, 6.07) is 14.4. The zero-order chi connectivity index (χ0) is 13.2. The number of rotatable bonds is 3. The Bertz CT molecular complexity index is 610. The predicted octanol–water partition coefficient (Wildman–Crippen LogP) is 3.58. The highest BCUT2D eigenvalue weighted by molar-refractivity contribution is 6.33. The van der Waals surface area contributed by atoms with Crippen LogP contribution in [0.2, 0.25) is 0 Å². The first kappa shape index (κ1) is 12.1. The molecule has 0 saturated heterocycles. The van der Waals surface area contributed by atoms with E-state index in [2.05, 4.69) is 0 Å². The Morgan fingerprint density at radius 3 is 2.58 bits per heavy atom. The standard InChI is InChI=1S/C15H11ClO3/c16-14(10-4-2-1-3-5-10)15(17)11-6-7-12-13(8-11)19-9-18-12/h1-8,14H,9H2. The van der Waals surface area contributed by atoms with Crippen LogP contribution < -0.4 is 9.47 Å². The lowest BCUT2D eigenvalue weighted by Gasteiger charge is -2.09. The van der Waals surface area contributed by atoms with Crippen LogP contribution >= 0.6 is 11.6 Å². The monoisotopic (exact) mass is 274 g/mol. The van der Waals surface area contributed by atoms with Crippen molar-refractivity contribution in [2.75, 3.05) is 6.79 Å². The van der Waals surface area contributed by atoms with Crippen LogP contribution in [-0.2, 0) is 0 Å². The van der Waals surface area contributed by atoms with Gasteiger partial charge in [0.25, 0.3) is 0 Å². The average molecular weight is 275 g/mol. The molecule has 2 aromatic carbocycles. The van der Waals surface area contributed by atoms with Gasteiger partial charge in [-0.25, -0.2) is 0 Å². The minimum atomic E-state index is -0.693. The third-order valence-corrected chi connectivity index (χ3v) is 3.43. The topological polar surface area (TPSA) is 35.5 Å². The number of hydrogen-bond acceptors (Lipinski definition) is 3. The molecular weight excluding hydrogens is 264 g/mol. The van der Waals surface area contributed by atoms with Gasteiger partial charge in [-0.15, -0.1) is 11.6 Å². The van der Waals surface area contributed by atoms with Gasteiger partial charge in [0.05, 0.1) is 0 Å². The lowest BCUT2D eigenvalue weighted by molar-refractivity contribution is 0.0986. The normalized spacial score (nSPS) is 14.2. The molecule has 0 spiro atoms. The molecular formula is C15H11ClO3. The van der Waals surface area contributed by atoms with Crippen LogP contribution in [0.1, 0.15) is 21.3 Å². The van der Waals surface area contributed by atoms with Gasteiger partial charge in [-0.1, -0.05) is 30.3 Å². The molecule has 0 aliphatic carbocycles. The Kier molecular flexibility index (Phi) is 3.13. The minimum absolute atomic E-state index is 0.147. The van der Waals surface area contributed by atoms with Gasteiger partial charge in [0.15, 0.2) is 17.3 Å². The molecule has 0 fully saturated rings. The van der Waals surface area contributed by atoms with Crippen molar-refractivity contribution in [3.63, 3.8) is 0 Å². The first-order chi connectivity index (χ1) is 9.25. The van der Waals surface area contributed by atoms with Crippen LogP contribution in [0.3, 0.4) is 0 Å². The maximum atomic E-state index is 12.3. The van der Waals surface area contributed by atoms with Crippen molar-refractivity contribution in [3.05, 3.63) is 59.7 Å². The first-order valence-electron chi connectivity index (χ1n) is 5.88. The molecule has 1 unspecified atom stereocenters. The van der Waals surface area contributed by atoms with Gasteiger partial charge in [0, 0.05) is 5.56 Å². The fourth-order valence-corrected chi connectivity index (χ4v) is 2.24. The van der Waals surface area contributed by atoms with Crippen LogP contribution in [0.25, 0.3) is 0 Å². The summed E-state index contributed by atoms with van der Waals surface area (Å²) in [6.07, 6.45) is 0. The third-order valence-electron chi connectivity index (χ3n) is 2.98. The molecule has 96 valence electrons. The Morgan fingerprint density at radius 2 is 1.79 bits per heavy atom. The molecule has 1 aliphatic heterocycles. The van der Waals surface area contributed by atoms with Gasteiger partial charge in [0.1, 0.15) is 5.38 Å².